The lowest BCUT2D eigenvalue weighted by Crippen LogP contribution is -2.12. The normalized spacial score (nSPS) is 16.2. The molecule has 0 fully saturated rings. The minimum atomic E-state index is -3.45. The molecule has 0 radical (unpaired) electrons. The highest BCUT2D eigenvalue weighted by Crippen LogP contribution is 2.51. The Morgan fingerprint density at radius 3 is 2.09 bits per heavy atom. The van der Waals surface area contributed by atoms with Gasteiger partial charge in [-0.05, 0) is 79.0 Å². The van der Waals surface area contributed by atoms with Crippen LogP contribution in [0, 0.1) is 5.41 Å². The van der Waals surface area contributed by atoms with Gasteiger partial charge in [0.1, 0.15) is 0 Å². The average Bonchev–Trinajstić information content (AvgIpc) is 3.16. The van der Waals surface area contributed by atoms with Crippen LogP contribution in [0.2, 0.25) is 0 Å². The molecule has 3 heteroatoms. The maximum Gasteiger partial charge on any atom is 0.200 e. The second kappa shape index (κ2) is 7.29. The van der Waals surface area contributed by atoms with E-state index in [1.165, 1.54) is 22.1 Å². The summed E-state index contributed by atoms with van der Waals surface area (Å²) in [6.07, 6.45) is 0.723. The number of hydrogen-bond acceptors (Lipinski definition) is 2. The Kier molecular flexibility index (Phi) is 4.90. The Hall–Kier alpha value is -2.91. The van der Waals surface area contributed by atoms with Gasteiger partial charge in [-0.25, -0.2) is 8.42 Å². The summed E-state index contributed by atoms with van der Waals surface area (Å²) in [7, 11) is -3.45. The van der Waals surface area contributed by atoms with Crippen molar-refractivity contribution in [2.24, 2.45) is 5.41 Å². The van der Waals surface area contributed by atoms with Crippen LogP contribution in [0.4, 0.5) is 0 Å². The van der Waals surface area contributed by atoms with Gasteiger partial charge < -0.3 is 0 Å². The van der Waals surface area contributed by atoms with E-state index in [1.54, 1.807) is 0 Å². The average molecular weight is 469 g/mol. The highest BCUT2D eigenvalue weighted by Gasteiger charge is 2.32. The standard InChI is InChI=1S/C31H32O2S/c1-19-22-10-9-13-26(31(5,6)7)29(22)25-12-8-11-24(28(19)25)20-14-15-23-21(17-30(2,3)4)18-34(32,33)27(23)16-20/h8-16,18H,1,17H2,2-7H3. The Morgan fingerprint density at radius 1 is 0.765 bits per heavy atom. The van der Waals surface area contributed by atoms with Crippen molar-refractivity contribution in [1.29, 1.82) is 0 Å². The minimum Gasteiger partial charge on any atom is -0.219 e. The maximum atomic E-state index is 13.1. The Morgan fingerprint density at radius 2 is 1.41 bits per heavy atom. The first kappa shape index (κ1) is 22.9. The van der Waals surface area contributed by atoms with E-state index in [-0.39, 0.29) is 10.8 Å². The molecule has 3 aromatic carbocycles. The van der Waals surface area contributed by atoms with Crippen LogP contribution < -0.4 is 0 Å². The third-order valence-corrected chi connectivity index (χ3v) is 8.34. The van der Waals surface area contributed by atoms with Crippen molar-refractivity contribution in [3.05, 3.63) is 88.8 Å². The van der Waals surface area contributed by atoms with E-state index in [0.29, 0.717) is 4.90 Å². The molecule has 0 unspecified atom stereocenters. The van der Waals surface area contributed by atoms with Crippen molar-refractivity contribution in [1.82, 2.24) is 0 Å². The minimum absolute atomic E-state index is 0.0000110. The fourth-order valence-electron chi connectivity index (χ4n) is 5.39. The summed E-state index contributed by atoms with van der Waals surface area (Å²) in [4.78, 5) is 0.415. The Labute approximate surface area is 204 Å². The lowest BCUT2D eigenvalue weighted by Gasteiger charge is -2.23. The van der Waals surface area contributed by atoms with Gasteiger partial charge in [0.25, 0.3) is 0 Å². The molecule has 0 bridgehead atoms. The number of allylic oxidation sites excluding steroid dienone is 1. The van der Waals surface area contributed by atoms with Crippen LogP contribution in [-0.4, -0.2) is 8.42 Å². The van der Waals surface area contributed by atoms with Gasteiger partial charge >= 0.3 is 0 Å². The van der Waals surface area contributed by atoms with Crippen LogP contribution in [0.5, 0.6) is 0 Å². The smallest absolute Gasteiger partial charge is 0.200 e. The molecule has 1 heterocycles. The summed E-state index contributed by atoms with van der Waals surface area (Å²) in [6, 6.07) is 18.7. The van der Waals surface area contributed by atoms with Crippen molar-refractivity contribution < 1.29 is 8.42 Å². The number of rotatable bonds is 2. The number of fused-ring (bicyclic) bond motifs is 4. The highest BCUT2D eigenvalue weighted by atomic mass is 32.2. The van der Waals surface area contributed by atoms with E-state index in [0.717, 1.165) is 45.4 Å². The van der Waals surface area contributed by atoms with Crippen LogP contribution in [0.3, 0.4) is 0 Å². The summed E-state index contributed by atoms with van der Waals surface area (Å²) < 4.78 is 26.1. The zero-order chi connectivity index (χ0) is 24.6. The van der Waals surface area contributed by atoms with Gasteiger partial charge in [-0.3, -0.25) is 0 Å². The first-order valence-electron chi connectivity index (χ1n) is 11.8. The van der Waals surface area contributed by atoms with E-state index in [4.69, 9.17) is 0 Å². The van der Waals surface area contributed by atoms with Crippen molar-refractivity contribution >= 4 is 21.0 Å². The fourth-order valence-corrected chi connectivity index (χ4v) is 6.90. The molecule has 2 nitrogen and oxygen atoms in total. The molecule has 34 heavy (non-hydrogen) atoms. The van der Waals surface area contributed by atoms with Gasteiger partial charge in [0.05, 0.1) is 4.90 Å². The molecule has 0 amide bonds. The van der Waals surface area contributed by atoms with Crippen LogP contribution >= 0.6 is 0 Å². The number of hydrogen-bond donors (Lipinski definition) is 0. The molecular weight excluding hydrogens is 436 g/mol. The summed E-state index contributed by atoms with van der Waals surface area (Å²) in [5.74, 6) is 0. The molecule has 0 atom stereocenters. The SMILES string of the molecule is C=C1c2cccc(C(C)(C)C)c2-c2cccc(-c3ccc4c(c3)S(=O)(=O)C=C4CC(C)(C)C)c21. The van der Waals surface area contributed by atoms with Crippen LogP contribution in [0.1, 0.15) is 70.2 Å². The molecule has 1 aliphatic carbocycles. The molecule has 174 valence electrons. The molecule has 0 saturated heterocycles. The van der Waals surface area contributed by atoms with E-state index >= 15 is 0 Å². The topological polar surface area (TPSA) is 34.1 Å². The zero-order valence-corrected chi connectivity index (χ0v) is 21.7. The summed E-state index contributed by atoms with van der Waals surface area (Å²) in [5.41, 5.74) is 10.7. The van der Waals surface area contributed by atoms with Gasteiger partial charge in [-0.15, -0.1) is 0 Å². The molecule has 3 aromatic rings. The molecule has 5 rings (SSSR count). The molecule has 2 aliphatic rings. The van der Waals surface area contributed by atoms with Crippen LogP contribution in [0.15, 0.2) is 71.5 Å². The van der Waals surface area contributed by atoms with Crippen molar-refractivity contribution in [2.45, 2.75) is 58.3 Å². The first-order valence-corrected chi connectivity index (χ1v) is 13.4. The van der Waals surface area contributed by atoms with Gasteiger partial charge in [0.15, 0.2) is 0 Å². The Bertz CT molecular complexity index is 1500. The van der Waals surface area contributed by atoms with Crippen LogP contribution in [0.25, 0.3) is 33.4 Å². The molecular formula is C31H32O2S. The predicted molar refractivity (Wildman–Crippen MR) is 143 cm³/mol. The summed E-state index contributed by atoms with van der Waals surface area (Å²) in [5, 5.41) is 1.46. The van der Waals surface area contributed by atoms with Crippen molar-refractivity contribution in [3.8, 4) is 22.3 Å². The van der Waals surface area contributed by atoms with Gasteiger partial charge in [0.2, 0.25) is 9.84 Å². The zero-order valence-electron chi connectivity index (χ0n) is 20.9. The van der Waals surface area contributed by atoms with Gasteiger partial charge in [-0.1, -0.05) is 96.7 Å². The second-order valence-electron chi connectivity index (χ2n) is 11.8. The molecule has 0 spiro atoms. The maximum absolute atomic E-state index is 13.1. The Balaban J connectivity index is 1.68. The third-order valence-electron chi connectivity index (χ3n) is 6.80. The highest BCUT2D eigenvalue weighted by molar-refractivity contribution is 7.95. The van der Waals surface area contributed by atoms with E-state index in [2.05, 4.69) is 90.6 Å². The predicted octanol–water partition coefficient (Wildman–Crippen LogP) is 8.26. The molecule has 1 aliphatic heterocycles. The molecule has 0 aromatic heterocycles. The fraction of sp³-hybridized carbons (Fsp3) is 0.290. The largest absolute Gasteiger partial charge is 0.219 e. The van der Waals surface area contributed by atoms with E-state index in [9.17, 15) is 8.42 Å². The van der Waals surface area contributed by atoms with E-state index in [1.807, 2.05) is 12.1 Å². The van der Waals surface area contributed by atoms with Crippen molar-refractivity contribution in [2.75, 3.05) is 0 Å². The molecule has 0 saturated carbocycles. The van der Waals surface area contributed by atoms with Gasteiger partial charge in [-0.2, -0.15) is 0 Å². The van der Waals surface area contributed by atoms with Crippen LogP contribution in [-0.2, 0) is 15.3 Å². The quantitative estimate of drug-likeness (QED) is 0.297. The van der Waals surface area contributed by atoms with E-state index < -0.39 is 9.84 Å². The van der Waals surface area contributed by atoms with Gasteiger partial charge in [0, 0.05) is 5.41 Å². The first-order chi connectivity index (χ1) is 15.8. The molecule has 0 N–H and O–H groups in total. The second-order valence-corrected chi connectivity index (χ2v) is 13.6. The summed E-state index contributed by atoms with van der Waals surface area (Å²) in [6.45, 7) is 17.6. The lowest BCUT2D eigenvalue weighted by molar-refractivity contribution is 0.427. The third kappa shape index (κ3) is 3.58. The summed E-state index contributed by atoms with van der Waals surface area (Å²) >= 11 is 0. The number of benzene rings is 3. The lowest BCUT2D eigenvalue weighted by atomic mass is 9.81. The number of sulfone groups is 1. The van der Waals surface area contributed by atoms with Crippen molar-refractivity contribution in [3.63, 3.8) is 0 Å². The monoisotopic (exact) mass is 468 g/mol.